The van der Waals surface area contributed by atoms with Crippen LogP contribution in [0.25, 0.3) is 34.0 Å². The molecule has 0 atom stereocenters. The first kappa shape index (κ1) is 27.2. The smallest absolute Gasteiger partial charge is 0.213 e. The molecule has 2 aromatic heterocycles. The number of nitrogens with zero attached hydrogens (tertiary/aromatic N) is 1. The van der Waals surface area contributed by atoms with Crippen LogP contribution in [-0.4, -0.2) is 4.98 Å². The number of unbranched alkanes of at least 4 members (excludes halogenated alkanes) is 13. The van der Waals surface area contributed by atoms with Gasteiger partial charge in [0.15, 0.2) is 6.20 Å². The third-order valence-electron chi connectivity index (χ3n) is 7.77. The van der Waals surface area contributed by atoms with Gasteiger partial charge in [0, 0.05) is 35.7 Å². The second kappa shape index (κ2) is 15.4. The Balaban J connectivity index is 1.19. The Labute approximate surface area is 224 Å². The number of hydrogen-bond donors (Lipinski definition) is 1. The van der Waals surface area contributed by atoms with Gasteiger partial charge in [-0.2, -0.15) is 4.57 Å². The predicted octanol–water partition coefficient (Wildman–Crippen LogP) is 10.3. The largest absolute Gasteiger partial charge is 0.361 e. The maximum absolute atomic E-state index is 3.38. The molecular weight excluding hydrogens is 448 g/mol. The van der Waals surface area contributed by atoms with Crippen molar-refractivity contribution in [2.24, 2.45) is 0 Å². The number of nitrogens with one attached hydrogen (secondary N) is 1. The van der Waals surface area contributed by atoms with Crippen molar-refractivity contribution in [3.8, 4) is 0 Å². The Morgan fingerprint density at radius 3 is 1.86 bits per heavy atom. The van der Waals surface area contributed by atoms with E-state index in [-0.39, 0.29) is 0 Å². The lowest BCUT2D eigenvalue weighted by molar-refractivity contribution is -0.671. The molecule has 4 rings (SSSR count). The van der Waals surface area contributed by atoms with E-state index < -0.39 is 0 Å². The topological polar surface area (TPSA) is 19.7 Å². The molecule has 0 saturated heterocycles. The van der Waals surface area contributed by atoms with Gasteiger partial charge >= 0.3 is 0 Å². The van der Waals surface area contributed by atoms with E-state index >= 15 is 0 Å². The third-order valence-corrected chi connectivity index (χ3v) is 7.77. The lowest BCUT2D eigenvalue weighted by atomic mass is 10.0. The highest BCUT2D eigenvalue weighted by molar-refractivity contribution is 5.94. The van der Waals surface area contributed by atoms with Crippen molar-refractivity contribution in [3.05, 3.63) is 78.1 Å². The van der Waals surface area contributed by atoms with Crippen LogP contribution in [0.5, 0.6) is 0 Å². The lowest BCUT2D eigenvalue weighted by Gasteiger charge is -2.05. The maximum atomic E-state index is 3.38. The molecule has 1 N–H and O–H groups in total. The molecule has 0 radical (unpaired) electrons. The fourth-order valence-electron chi connectivity index (χ4n) is 5.54. The molecule has 0 aliphatic carbocycles. The zero-order chi connectivity index (χ0) is 25.5. The van der Waals surface area contributed by atoms with Crippen LogP contribution in [0.15, 0.2) is 67.0 Å². The molecule has 0 fully saturated rings. The minimum absolute atomic E-state index is 1.10. The number of fused-ring (bicyclic) bond motifs is 2. The van der Waals surface area contributed by atoms with Gasteiger partial charge < -0.3 is 4.98 Å². The van der Waals surface area contributed by atoms with Gasteiger partial charge in [-0.1, -0.05) is 126 Å². The molecule has 0 amide bonds. The summed E-state index contributed by atoms with van der Waals surface area (Å²) in [6, 6.07) is 19.6. The zero-order valence-corrected chi connectivity index (χ0v) is 23.1. The van der Waals surface area contributed by atoms with Crippen LogP contribution in [0.1, 0.15) is 108 Å². The second-order valence-corrected chi connectivity index (χ2v) is 10.7. The summed E-state index contributed by atoms with van der Waals surface area (Å²) in [6.07, 6.45) is 28.6. The molecule has 0 bridgehead atoms. The van der Waals surface area contributed by atoms with E-state index in [1.807, 2.05) is 0 Å². The van der Waals surface area contributed by atoms with E-state index in [0.717, 1.165) is 6.54 Å². The Hall–Kier alpha value is -2.87. The predicted molar refractivity (Wildman–Crippen MR) is 162 cm³/mol. The van der Waals surface area contributed by atoms with E-state index in [9.17, 15) is 0 Å². The van der Waals surface area contributed by atoms with Crippen molar-refractivity contribution in [3.63, 3.8) is 0 Å². The van der Waals surface area contributed by atoms with Crippen molar-refractivity contribution in [2.75, 3.05) is 0 Å². The second-order valence-electron chi connectivity index (χ2n) is 10.7. The number of rotatable bonds is 17. The lowest BCUT2D eigenvalue weighted by Crippen LogP contribution is -2.34. The van der Waals surface area contributed by atoms with E-state index in [1.54, 1.807) is 0 Å². The Kier molecular flexibility index (Phi) is 11.3. The average Bonchev–Trinajstić information content (AvgIpc) is 3.35. The molecule has 2 heteroatoms. The number of benzene rings is 2. The first-order chi connectivity index (χ1) is 18.4. The van der Waals surface area contributed by atoms with Crippen LogP contribution in [0.3, 0.4) is 0 Å². The summed E-state index contributed by atoms with van der Waals surface area (Å²) in [7, 11) is 0. The first-order valence-electron chi connectivity index (χ1n) is 15.0. The fraction of sp³-hybridized carbons (Fsp3) is 0.457. The van der Waals surface area contributed by atoms with E-state index in [0.29, 0.717) is 0 Å². The summed E-state index contributed by atoms with van der Waals surface area (Å²) >= 11 is 0. The normalized spacial score (nSPS) is 11.8. The molecule has 2 heterocycles. The molecule has 4 aromatic rings. The van der Waals surface area contributed by atoms with Crippen LogP contribution in [-0.2, 0) is 6.54 Å². The summed E-state index contributed by atoms with van der Waals surface area (Å²) in [4.78, 5) is 3.38. The van der Waals surface area contributed by atoms with E-state index in [2.05, 4.69) is 95.6 Å². The summed E-state index contributed by atoms with van der Waals surface area (Å²) in [6.45, 7) is 3.40. The molecule has 0 aliphatic heterocycles. The number of aromatic nitrogens is 2. The number of hydrogen-bond acceptors (Lipinski definition) is 0. The summed E-state index contributed by atoms with van der Waals surface area (Å²) in [5.41, 5.74) is 5.03. The number of para-hydroxylation sites is 2. The molecule has 2 nitrogen and oxygen atoms in total. The molecule has 196 valence electrons. The average molecular weight is 496 g/mol. The van der Waals surface area contributed by atoms with E-state index in [4.69, 9.17) is 0 Å². The van der Waals surface area contributed by atoms with Crippen LogP contribution >= 0.6 is 0 Å². The number of aryl methyl sites for hydroxylation is 1. The standard InChI is InChI=1S/C35H46N2/c1-2-3-4-5-6-7-8-9-10-11-12-13-14-19-27-37-28-26-30(33-21-16-18-23-35(33)37)24-25-31-29-36-34-22-17-15-20-32(31)34/h15-18,20-26,28-29H,2-14,19,27H2,1H3/p+1. The van der Waals surface area contributed by atoms with Gasteiger partial charge in [-0.25, -0.2) is 0 Å². The van der Waals surface area contributed by atoms with Gasteiger partial charge in [0.2, 0.25) is 5.52 Å². The monoisotopic (exact) mass is 495 g/mol. The third kappa shape index (κ3) is 8.32. The van der Waals surface area contributed by atoms with Crippen LogP contribution < -0.4 is 4.57 Å². The van der Waals surface area contributed by atoms with Gasteiger partial charge in [0.05, 0.1) is 5.39 Å². The Morgan fingerprint density at radius 2 is 1.16 bits per heavy atom. The van der Waals surface area contributed by atoms with Crippen molar-refractivity contribution in [1.29, 1.82) is 0 Å². The van der Waals surface area contributed by atoms with E-state index in [1.165, 1.54) is 123 Å². The highest BCUT2D eigenvalue weighted by Gasteiger charge is 2.11. The number of aromatic amines is 1. The van der Waals surface area contributed by atoms with Crippen molar-refractivity contribution in [1.82, 2.24) is 4.98 Å². The number of H-pyrrole nitrogens is 1. The van der Waals surface area contributed by atoms with Gasteiger partial charge in [-0.15, -0.1) is 0 Å². The maximum Gasteiger partial charge on any atom is 0.213 e. The highest BCUT2D eigenvalue weighted by Crippen LogP contribution is 2.22. The Morgan fingerprint density at radius 1 is 0.595 bits per heavy atom. The quantitative estimate of drug-likeness (QED) is 0.111. The van der Waals surface area contributed by atoms with Gasteiger partial charge in [-0.05, 0) is 29.7 Å². The molecular formula is C35H47N2+. The molecule has 0 aliphatic rings. The van der Waals surface area contributed by atoms with Crippen LogP contribution in [0, 0.1) is 0 Å². The van der Waals surface area contributed by atoms with Gasteiger partial charge in [-0.3, -0.25) is 0 Å². The fourth-order valence-corrected chi connectivity index (χ4v) is 5.54. The summed E-state index contributed by atoms with van der Waals surface area (Å²) < 4.78 is 2.44. The minimum atomic E-state index is 1.10. The molecule has 2 aromatic carbocycles. The molecule has 0 spiro atoms. The van der Waals surface area contributed by atoms with Crippen molar-refractivity contribution < 1.29 is 4.57 Å². The SMILES string of the molecule is CCCCCCCCCCCCCCCC[n+]1ccc(/C=C/c2c[nH]c3ccccc23)c2ccccc21. The van der Waals surface area contributed by atoms with Gasteiger partial charge in [0.25, 0.3) is 0 Å². The first-order valence-corrected chi connectivity index (χ1v) is 15.0. The Bertz CT molecular complexity index is 1230. The van der Waals surface area contributed by atoms with Gasteiger partial charge in [0.1, 0.15) is 6.54 Å². The molecule has 0 unspecified atom stereocenters. The molecule has 37 heavy (non-hydrogen) atoms. The van der Waals surface area contributed by atoms with Crippen molar-refractivity contribution >= 4 is 34.0 Å². The van der Waals surface area contributed by atoms with Crippen LogP contribution in [0.2, 0.25) is 0 Å². The summed E-state index contributed by atoms with van der Waals surface area (Å²) in [5, 5.41) is 2.60. The zero-order valence-electron chi connectivity index (χ0n) is 23.1. The van der Waals surface area contributed by atoms with Crippen molar-refractivity contribution in [2.45, 2.75) is 103 Å². The highest BCUT2D eigenvalue weighted by atomic mass is 14.9. The van der Waals surface area contributed by atoms with Crippen LogP contribution in [0.4, 0.5) is 0 Å². The summed E-state index contributed by atoms with van der Waals surface area (Å²) in [5.74, 6) is 0. The minimum Gasteiger partial charge on any atom is -0.361 e. The number of pyridine rings is 1. The molecule has 0 saturated carbocycles.